The molecule has 0 N–H and O–H groups in total. The molecule has 0 aliphatic heterocycles. The summed E-state index contributed by atoms with van der Waals surface area (Å²) in [5.74, 6) is 0.582. The third-order valence-electron chi connectivity index (χ3n) is 1.23. The Morgan fingerprint density at radius 2 is 2.08 bits per heavy atom. The van der Waals surface area contributed by atoms with Crippen molar-refractivity contribution in [2.45, 2.75) is 6.42 Å². The Bertz CT molecular complexity index is 258. The van der Waals surface area contributed by atoms with Crippen LogP contribution < -0.4 is 0 Å². The lowest BCUT2D eigenvalue weighted by atomic mass is 10.3. The molecule has 0 unspecified atom stereocenters. The number of hydrogen-bond acceptors (Lipinski definition) is 2. The summed E-state index contributed by atoms with van der Waals surface area (Å²) in [4.78, 5) is 6.79. The molecule has 2 nitrogen and oxygen atoms in total. The van der Waals surface area contributed by atoms with Crippen LogP contribution in [0.15, 0.2) is 18.5 Å². The van der Waals surface area contributed by atoms with Gasteiger partial charge in [0, 0.05) is 23.8 Å². The van der Waals surface area contributed by atoms with Crippen molar-refractivity contribution in [2.24, 2.45) is 0 Å². The van der Waals surface area contributed by atoms with Gasteiger partial charge in [-0.25, -0.2) is 9.97 Å². The van der Waals surface area contributed by atoms with Gasteiger partial charge in [-0.2, -0.15) is 4.39 Å². The van der Waals surface area contributed by atoms with E-state index in [1.165, 1.54) is 12.4 Å². The van der Waals surface area contributed by atoms with Gasteiger partial charge in [0.05, 0.1) is 0 Å². The molecule has 1 aromatic heterocycles. The van der Waals surface area contributed by atoms with E-state index >= 15 is 0 Å². The topological polar surface area (TPSA) is 25.8 Å². The number of aromatic nitrogens is 2. The van der Waals surface area contributed by atoms with Crippen LogP contribution in [0.4, 0.5) is 4.39 Å². The van der Waals surface area contributed by atoms with E-state index in [0.29, 0.717) is 5.88 Å². The first-order chi connectivity index (χ1) is 5.83. The van der Waals surface area contributed by atoms with Crippen molar-refractivity contribution in [3.63, 3.8) is 0 Å². The molecule has 4 heteroatoms. The minimum atomic E-state index is -0.704. The number of rotatable bonds is 3. The van der Waals surface area contributed by atoms with Gasteiger partial charge in [-0.05, 0) is 6.42 Å². The van der Waals surface area contributed by atoms with Gasteiger partial charge in [0.15, 0.2) is 0 Å². The summed E-state index contributed by atoms with van der Waals surface area (Å²) in [6, 6.07) is 0. The molecule has 0 saturated heterocycles. The van der Waals surface area contributed by atoms with Gasteiger partial charge in [0.2, 0.25) is 0 Å². The fourth-order valence-corrected chi connectivity index (χ4v) is 0.817. The maximum atomic E-state index is 12.2. The molecule has 0 atom stereocenters. The molecule has 0 amide bonds. The Hall–Kier alpha value is -0.960. The highest BCUT2D eigenvalue weighted by molar-refractivity contribution is 6.17. The summed E-state index contributed by atoms with van der Waals surface area (Å²) >= 11 is 5.45. The molecule has 1 heterocycles. The Kier molecular flexibility index (Phi) is 3.67. The quantitative estimate of drug-likeness (QED) is 0.535. The van der Waals surface area contributed by atoms with E-state index in [-0.39, 0.29) is 0 Å². The molecular weight excluding hydrogens is 179 g/mol. The third-order valence-corrected chi connectivity index (χ3v) is 1.44. The van der Waals surface area contributed by atoms with Crippen LogP contribution in [0.5, 0.6) is 0 Å². The zero-order valence-electron chi connectivity index (χ0n) is 6.37. The van der Waals surface area contributed by atoms with Crippen molar-refractivity contribution in [2.75, 3.05) is 5.88 Å². The predicted octanol–water partition coefficient (Wildman–Crippen LogP) is 2.26. The van der Waals surface area contributed by atoms with Crippen LogP contribution >= 0.6 is 11.6 Å². The molecule has 0 saturated carbocycles. The zero-order chi connectivity index (χ0) is 8.81. The van der Waals surface area contributed by atoms with Crippen molar-refractivity contribution >= 4 is 17.7 Å². The maximum absolute atomic E-state index is 12.2. The average Bonchev–Trinajstić information content (AvgIpc) is 2.09. The van der Waals surface area contributed by atoms with Gasteiger partial charge in [-0.1, -0.05) is 12.2 Å². The van der Waals surface area contributed by atoms with E-state index < -0.39 is 6.08 Å². The highest BCUT2D eigenvalue weighted by Gasteiger charge is 1.90. The van der Waals surface area contributed by atoms with Gasteiger partial charge in [-0.3, -0.25) is 0 Å². The molecule has 64 valence electrons. The minimum Gasteiger partial charge on any atom is -0.210 e. The predicted molar refractivity (Wildman–Crippen MR) is 46.4 cm³/mol. The SMILES string of the molecule is Fc1ncc(C=CCCCl)cn1. The van der Waals surface area contributed by atoms with Crippen molar-refractivity contribution in [3.8, 4) is 0 Å². The fourth-order valence-electron chi connectivity index (χ4n) is 0.691. The molecule has 12 heavy (non-hydrogen) atoms. The van der Waals surface area contributed by atoms with Crippen LogP contribution in [0.1, 0.15) is 12.0 Å². The average molecular weight is 187 g/mol. The molecule has 0 spiro atoms. The Morgan fingerprint density at radius 1 is 1.42 bits per heavy atom. The highest BCUT2D eigenvalue weighted by Crippen LogP contribution is 1.99. The van der Waals surface area contributed by atoms with Crippen LogP contribution in [0.2, 0.25) is 0 Å². The van der Waals surface area contributed by atoms with Gasteiger partial charge in [-0.15, -0.1) is 11.6 Å². The lowest BCUT2D eigenvalue weighted by molar-refractivity contribution is 0.538. The number of halogens is 2. The van der Waals surface area contributed by atoms with Crippen molar-refractivity contribution in [1.82, 2.24) is 9.97 Å². The third kappa shape index (κ3) is 2.96. The first-order valence-corrected chi connectivity index (χ1v) is 4.06. The smallest absolute Gasteiger partial charge is 0.210 e. The molecule has 0 bridgehead atoms. The van der Waals surface area contributed by atoms with Crippen molar-refractivity contribution in [1.29, 1.82) is 0 Å². The summed E-state index contributed by atoms with van der Waals surface area (Å²) in [6.45, 7) is 0. The molecule has 1 rings (SSSR count). The summed E-state index contributed by atoms with van der Waals surface area (Å²) in [5, 5.41) is 0. The van der Waals surface area contributed by atoms with E-state index in [1.54, 1.807) is 0 Å². The van der Waals surface area contributed by atoms with E-state index in [4.69, 9.17) is 11.6 Å². The maximum Gasteiger partial charge on any atom is 0.308 e. The summed E-state index contributed by atoms with van der Waals surface area (Å²) in [7, 11) is 0. The van der Waals surface area contributed by atoms with E-state index in [1.807, 2.05) is 12.2 Å². The Morgan fingerprint density at radius 3 is 2.67 bits per heavy atom. The highest BCUT2D eigenvalue weighted by atomic mass is 35.5. The largest absolute Gasteiger partial charge is 0.308 e. The second kappa shape index (κ2) is 4.83. The van der Waals surface area contributed by atoms with Crippen LogP contribution in [0.25, 0.3) is 6.08 Å². The van der Waals surface area contributed by atoms with Crippen molar-refractivity contribution in [3.05, 3.63) is 30.1 Å². The minimum absolute atomic E-state index is 0.582. The number of alkyl halides is 1. The normalized spacial score (nSPS) is 10.8. The van der Waals surface area contributed by atoms with Crippen LogP contribution in [-0.2, 0) is 0 Å². The van der Waals surface area contributed by atoms with Gasteiger partial charge >= 0.3 is 6.08 Å². The number of nitrogens with zero attached hydrogens (tertiary/aromatic N) is 2. The van der Waals surface area contributed by atoms with Crippen molar-refractivity contribution < 1.29 is 4.39 Å². The molecule has 1 aromatic rings. The monoisotopic (exact) mass is 186 g/mol. The van der Waals surface area contributed by atoms with E-state index in [9.17, 15) is 4.39 Å². The lowest BCUT2D eigenvalue weighted by Crippen LogP contribution is -1.87. The standard InChI is InChI=1S/C8H8ClFN2/c9-4-2-1-3-7-5-11-8(10)12-6-7/h1,3,5-6H,2,4H2. The first kappa shape index (κ1) is 9.13. The van der Waals surface area contributed by atoms with Crippen LogP contribution in [0.3, 0.4) is 0 Å². The fraction of sp³-hybridized carbons (Fsp3) is 0.250. The van der Waals surface area contributed by atoms with Gasteiger partial charge in [0.1, 0.15) is 0 Å². The molecular formula is C8H8ClFN2. The molecule has 0 radical (unpaired) electrons. The Balaban J connectivity index is 2.58. The van der Waals surface area contributed by atoms with E-state index in [2.05, 4.69) is 9.97 Å². The number of allylic oxidation sites excluding steroid dienone is 1. The van der Waals surface area contributed by atoms with Gasteiger partial charge in [0.25, 0.3) is 0 Å². The first-order valence-electron chi connectivity index (χ1n) is 3.53. The van der Waals surface area contributed by atoms with E-state index in [0.717, 1.165) is 12.0 Å². The second-order valence-electron chi connectivity index (χ2n) is 2.17. The molecule has 0 aromatic carbocycles. The van der Waals surface area contributed by atoms with Crippen LogP contribution in [-0.4, -0.2) is 15.8 Å². The lowest BCUT2D eigenvalue weighted by Gasteiger charge is -1.90. The zero-order valence-corrected chi connectivity index (χ0v) is 7.13. The summed E-state index contributed by atoms with van der Waals surface area (Å²) < 4.78 is 12.2. The second-order valence-corrected chi connectivity index (χ2v) is 2.54. The van der Waals surface area contributed by atoms with Gasteiger partial charge < -0.3 is 0 Å². The summed E-state index contributed by atoms with van der Waals surface area (Å²) in [6.07, 6.45) is 6.63. The number of hydrogen-bond donors (Lipinski definition) is 0. The molecule has 0 aliphatic carbocycles. The van der Waals surface area contributed by atoms with Crippen LogP contribution in [0, 0.1) is 6.08 Å². The molecule has 0 fully saturated rings. The summed E-state index contributed by atoms with van der Waals surface area (Å²) in [5.41, 5.74) is 0.779. The Labute approximate surface area is 75.1 Å². The molecule has 0 aliphatic rings.